The van der Waals surface area contributed by atoms with E-state index in [2.05, 4.69) is 49.4 Å². The van der Waals surface area contributed by atoms with E-state index in [4.69, 9.17) is 0 Å². The average Bonchev–Trinajstić information content (AvgIpc) is 3.58. The minimum absolute atomic E-state index is 0.0125. The van der Waals surface area contributed by atoms with Gasteiger partial charge >= 0.3 is 0 Å². The van der Waals surface area contributed by atoms with Crippen LogP contribution in [0, 0.1) is 0 Å². The minimum atomic E-state index is -0.168. The monoisotopic (exact) mass is 467 g/mol. The number of aromatic nitrogens is 4. The molecule has 2 aliphatic rings. The van der Waals surface area contributed by atoms with Gasteiger partial charge in [0.1, 0.15) is 5.82 Å². The Bertz CT molecular complexity index is 1400. The molecule has 0 bridgehead atoms. The lowest BCUT2D eigenvalue weighted by Crippen LogP contribution is -2.49. The molecule has 1 aliphatic heterocycles. The molecule has 6 rings (SSSR count). The van der Waals surface area contributed by atoms with Crippen LogP contribution in [0.25, 0.3) is 21.9 Å². The van der Waals surface area contributed by atoms with E-state index in [1.807, 2.05) is 37.6 Å². The number of anilines is 1. The van der Waals surface area contributed by atoms with Crippen molar-refractivity contribution in [2.24, 2.45) is 7.05 Å². The molecule has 3 aromatic heterocycles. The van der Waals surface area contributed by atoms with Crippen molar-refractivity contribution in [1.82, 2.24) is 29.5 Å². The molecule has 8 nitrogen and oxygen atoms in total. The van der Waals surface area contributed by atoms with Crippen LogP contribution in [0.15, 0.2) is 61.2 Å². The number of rotatable bonds is 5. The highest BCUT2D eigenvalue weighted by molar-refractivity contribution is 6.04. The van der Waals surface area contributed by atoms with Crippen LogP contribution >= 0.6 is 0 Å². The van der Waals surface area contributed by atoms with Crippen molar-refractivity contribution < 1.29 is 4.79 Å². The van der Waals surface area contributed by atoms with E-state index in [9.17, 15) is 4.79 Å². The number of hydrogen-bond acceptors (Lipinski definition) is 6. The fourth-order valence-electron chi connectivity index (χ4n) is 5.06. The molecule has 178 valence electrons. The van der Waals surface area contributed by atoms with Crippen LogP contribution < -0.4 is 5.32 Å². The van der Waals surface area contributed by atoms with E-state index in [1.165, 1.54) is 0 Å². The zero-order valence-electron chi connectivity index (χ0n) is 20.1. The highest BCUT2D eigenvalue weighted by Gasteiger charge is 2.51. The second-order valence-corrected chi connectivity index (χ2v) is 9.74. The Labute approximate surface area is 204 Å². The summed E-state index contributed by atoms with van der Waals surface area (Å²) in [5.41, 5.74) is 3.73. The van der Waals surface area contributed by atoms with Crippen molar-refractivity contribution in [1.29, 1.82) is 0 Å². The first-order valence-corrected chi connectivity index (χ1v) is 12.1. The first-order chi connectivity index (χ1) is 17.0. The Morgan fingerprint density at radius 2 is 1.74 bits per heavy atom. The van der Waals surface area contributed by atoms with Crippen molar-refractivity contribution >= 4 is 22.5 Å². The van der Waals surface area contributed by atoms with Gasteiger partial charge in [-0.05, 0) is 55.1 Å². The maximum atomic E-state index is 13.2. The van der Waals surface area contributed by atoms with E-state index >= 15 is 0 Å². The first kappa shape index (κ1) is 21.9. The molecule has 2 fully saturated rings. The van der Waals surface area contributed by atoms with E-state index in [0.717, 1.165) is 66.6 Å². The Morgan fingerprint density at radius 1 is 0.914 bits per heavy atom. The molecule has 1 aliphatic carbocycles. The number of benzene rings is 1. The molecule has 0 unspecified atom stereocenters. The van der Waals surface area contributed by atoms with Gasteiger partial charge in [0.25, 0.3) is 5.91 Å². The van der Waals surface area contributed by atoms with Gasteiger partial charge in [-0.1, -0.05) is 12.1 Å². The Kier molecular flexibility index (Phi) is 5.35. The molecule has 1 N–H and O–H groups in total. The lowest BCUT2D eigenvalue weighted by Gasteiger charge is -2.38. The third kappa shape index (κ3) is 4.19. The van der Waals surface area contributed by atoms with Crippen LogP contribution in [-0.4, -0.2) is 68.7 Å². The summed E-state index contributed by atoms with van der Waals surface area (Å²) in [5.74, 6) is 0.363. The van der Waals surface area contributed by atoms with Gasteiger partial charge in [-0.15, -0.1) is 0 Å². The maximum Gasteiger partial charge on any atom is 0.256 e. The smallest absolute Gasteiger partial charge is 0.256 e. The number of carbonyl (C=O) groups is 1. The Hall–Kier alpha value is -3.62. The first-order valence-electron chi connectivity index (χ1n) is 12.1. The van der Waals surface area contributed by atoms with Gasteiger partial charge in [0.2, 0.25) is 0 Å². The van der Waals surface area contributed by atoms with Crippen LogP contribution in [-0.2, 0) is 12.6 Å². The second-order valence-electron chi connectivity index (χ2n) is 9.74. The standard InChI is InChI=1S/C27H29N7O/c1-32-9-11-34(12-10-32)27(6-7-27)24-14-20(5-8-28-24)26(35)31-25-15-22-13-19(3-4-21(22)16-29-25)23-17-30-33(2)18-23/h3-5,8,13-18H,6-7,9-12H2,1-2H3,(H,29,31,35). The topological polar surface area (TPSA) is 79.2 Å². The Balaban J connectivity index is 1.22. The zero-order chi connectivity index (χ0) is 24.0. The van der Waals surface area contributed by atoms with Gasteiger partial charge in [0.15, 0.2) is 0 Å². The number of pyridine rings is 2. The molecular formula is C27H29N7O. The summed E-state index contributed by atoms with van der Waals surface area (Å²) < 4.78 is 1.79. The van der Waals surface area contributed by atoms with Crippen molar-refractivity contribution in [3.8, 4) is 11.1 Å². The summed E-state index contributed by atoms with van der Waals surface area (Å²) in [4.78, 5) is 27.2. The molecule has 0 radical (unpaired) electrons. The molecule has 8 heteroatoms. The summed E-state index contributed by atoms with van der Waals surface area (Å²) in [6.45, 7) is 4.21. The number of aryl methyl sites for hydroxylation is 1. The SMILES string of the molecule is CN1CCN(C2(c3cc(C(=O)Nc4cc5cc(-c6cnn(C)c6)ccc5cn4)ccn3)CC2)CC1. The predicted molar refractivity (Wildman–Crippen MR) is 136 cm³/mol. The third-order valence-corrected chi connectivity index (χ3v) is 7.33. The van der Waals surface area contributed by atoms with Gasteiger partial charge < -0.3 is 10.2 Å². The van der Waals surface area contributed by atoms with E-state index in [1.54, 1.807) is 23.1 Å². The van der Waals surface area contributed by atoms with Crippen molar-refractivity contribution in [2.45, 2.75) is 18.4 Å². The van der Waals surface area contributed by atoms with Crippen LogP contribution in [0.4, 0.5) is 5.82 Å². The van der Waals surface area contributed by atoms with Crippen molar-refractivity contribution in [3.05, 3.63) is 72.4 Å². The van der Waals surface area contributed by atoms with E-state index in [0.29, 0.717) is 11.4 Å². The lowest BCUT2D eigenvalue weighted by molar-refractivity contribution is 0.0951. The fraction of sp³-hybridized carbons (Fsp3) is 0.333. The Morgan fingerprint density at radius 3 is 2.49 bits per heavy atom. The number of hydrogen-bond donors (Lipinski definition) is 1. The normalized spacial score (nSPS) is 18.0. The number of fused-ring (bicyclic) bond motifs is 1. The number of likely N-dealkylation sites (N-methyl/N-ethyl adjacent to an activating group) is 1. The summed E-state index contributed by atoms with van der Waals surface area (Å²) in [6.07, 6.45) is 9.58. The van der Waals surface area contributed by atoms with Crippen LogP contribution in [0.5, 0.6) is 0 Å². The molecular weight excluding hydrogens is 438 g/mol. The second kappa shape index (κ2) is 8.55. The number of carbonyl (C=O) groups excluding carboxylic acids is 1. The molecule has 1 saturated heterocycles. The molecule has 0 spiro atoms. The van der Waals surface area contributed by atoms with Gasteiger partial charge in [-0.25, -0.2) is 4.98 Å². The van der Waals surface area contributed by atoms with Crippen LogP contribution in [0.1, 0.15) is 28.9 Å². The summed E-state index contributed by atoms with van der Waals surface area (Å²) in [7, 11) is 4.07. The predicted octanol–water partition coefficient (Wildman–Crippen LogP) is 3.52. The highest BCUT2D eigenvalue weighted by atomic mass is 16.1. The molecule has 0 atom stereocenters. The van der Waals surface area contributed by atoms with Crippen LogP contribution in [0.2, 0.25) is 0 Å². The number of nitrogens with zero attached hydrogens (tertiary/aromatic N) is 6. The zero-order valence-corrected chi connectivity index (χ0v) is 20.1. The van der Waals surface area contributed by atoms with Gasteiger partial charge in [0.05, 0.1) is 17.4 Å². The van der Waals surface area contributed by atoms with Gasteiger partial charge in [0, 0.05) is 68.3 Å². The molecule has 1 saturated carbocycles. The van der Waals surface area contributed by atoms with E-state index in [-0.39, 0.29) is 11.4 Å². The van der Waals surface area contributed by atoms with E-state index < -0.39 is 0 Å². The fourth-order valence-corrected chi connectivity index (χ4v) is 5.06. The van der Waals surface area contributed by atoms with Crippen LogP contribution in [0.3, 0.4) is 0 Å². The number of amides is 1. The quantitative estimate of drug-likeness (QED) is 0.484. The largest absolute Gasteiger partial charge is 0.307 e. The van der Waals surface area contributed by atoms with Gasteiger partial charge in [-0.2, -0.15) is 5.10 Å². The summed E-state index contributed by atoms with van der Waals surface area (Å²) in [5, 5.41) is 9.28. The molecule has 4 aromatic rings. The molecule has 1 aromatic carbocycles. The summed E-state index contributed by atoms with van der Waals surface area (Å²) in [6, 6.07) is 11.9. The lowest BCUT2D eigenvalue weighted by atomic mass is 10.0. The molecule has 1 amide bonds. The van der Waals surface area contributed by atoms with Gasteiger partial charge in [-0.3, -0.25) is 19.4 Å². The molecule has 35 heavy (non-hydrogen) atoms. The highest BCUT2D eigenvalue weighted by Crippen LogP contribution is 2.50. The number of nitrogens with one attached hydrogen (secondary N) is 1. The average molecular weight is 468 g/mol. The summed E-state index contributed by atoms with van der Waals surface area (Å²) >= 11 is 0. The minimum Gasteiger partial charge on any atom is -0.307 e. The van der Waals surface area contributed by atoms with Crippen molar-refractivity contribution in [3.63, 3.8) is 0 Å². The third-order valence-electron chi connectivity index (χ3n) is 7.33. The maximum absolute atomic E-state index is 13.2. The number of piperazine rings is 1. The molecule has 4 heterocycles. The van der Waals surface area contributed by atoms with Crippen molar-refractivity contribution in [2.75, 3.05) is 38.5 Å².